The first kappa shape index (κ1) is 13.2. The molecule has 4 aliphatic rings. The van der Waals surface area contributed by atoms with Crippen molar-refractivity contribution < 1.29 is 0 Å². The van der Waals surface area contributed by atoms with Crippen LogP contribution >= 0.6 is 0 Å². The third kappa shape index (κ3) is 1.39. The number of fused-ring (bicyclic) bond motifs is 3. The normalized spacial score (nSPS) is 54.5. The van der Waals surface area contributed by atoms with Crippen LogP contribution in [0.15, 0.2) is 24.3 Å². The zero-order valence-corrected chi connectivity index (χ0v) is 13.3. The summed E-state index contributed by atoms with van der Waals surface area (Å²) in [4.78, 5) is 0. The smallest absolute Gasteiger partial charge is 0.00122 e. The van der Waals surface area contributed by atoms with Gasteiger partial charge in [0.05, 0.1) is 0 Å². The lowest BCUT2D eigenvalue weighted by Crippen LogP contribution is -2.50. The predicted octanol–water partition coefficient (Wildman–Crippen LogP) is 5.61. The van der Waals surface area contributed by atoms with Gasteiger partial charge in [0.15, 0.2) is 0 Å². The molecule has 4 rings (SSSR count). The number of allylic oxidation sites excluding steroid dienone is 2. The maximum Gasteiger partial charge on any atom is 0.00122 e. The van der Waals surface area contributed by atoms with Gasteiger partial charge in [-0.2, -0.15) is 0 Å². The highest BCUT2D eigenvalue weighted by Gasteiger charge is 2.61. The Bertz CT molecular complexity index is 459. The first-order valence-corrected chi connectivity index (χ1v) is 8.96. The Morgan fingerprint density at radius 1 is 0.950 bits per heavy atom. The van der Waals surface area contributed by atoms with Gasteiger partial charge in [0.25, 0.3) is 0 Å². The quantitative estimate of drug-likeness (QED) is 0.537. The second kappa shape index (κ2) is 4.24. The van der Waals surface area contributed by atoms with Gasteiger partial charge in [-0.05, 0) is 78.8 Å². The Labute approximate surface area is 124 Å². The molecule has 0 radical (unpaired) electrons. The molecule has 0 saturated heterocycles. The summed E-state index contributed by atoms with van der Waals surface area (Å²) in [6.45, 7) is 14.0. The number of hydrogen-bond acceptors (Lipinski definition) is 0. The van der Waals surface area contributed by atoms with Crippen LogP contribution in [0.4, 0.5) is 0 Å². The van der Waals surface area contributed by atoms with E-state index in [1.54, 1.807) is 0 Å². The van der Waals surface area contributed by atoms with E-state index in [1.807, 2.05) is 0 Å². The third-order valence-electron chi connectivity index (χ3n) is 8.15. The monoisotopic (exact) mass is 270 g/mol. The summed E-state index contributed by atoms with van der Waals surface area (Å²) in [7, 11) is 0. The van der Waals surface area contributed by atoms with E-state index in [0.717, 1.165) is 35.5 Å². The number of rotatable bonds is 0. The third-order valence-corrected chi connectivity index (χ3v) is 8.15. The molecule has 0 heterocycles. The van der Waals surface area contributed by atoms with E-state index in [2.05, 4.69) is 27.0 Å². The largest absolute Gasteiger partial charge is 0.0953 e. The summed E-state index contributed by atoms with van der Waals surface area (Å²) in [6.07, 6.45) is 10.2. The molecule has 0 amide bonds. The first-order chi connectivity index (χ1) is 9.57. The molecule has 110 valence electrons. The lowest BCUT2D eigenvalue weighted by Gasteiger charge is -2.57. The minimum absolute atomic E-state index is 0.457. The molecule has 20 heavy (non-hydrogen) atoms. The van der Waals surface area contributed by atoms with Crippen LogP contribution < -0.4 is 0 Å². The van der Waals surface area contributed by atoms with Crippen molar-refractivity contribution >= 4 is 0 Å². The highest BCUT2D eigenvalue weighted by atomic mass is 14.7. The fourth-order valence-corrected chi connectivity index (χ4v) is 7.15. The molecule has 7 atom stereocenters. The van der Waals surface area contributed by atoms with Crippen LogP contribution in [-0.4, -0.2) is 0 Å². The van der Waals surface area contributed by atoms with Gasteiger partial charge in [0, 0.05) is 5.41 Å². The van der Waals surface area contributed by atoms with E-state index in [9.17, 15) is 0 Å². The molecule has 0 aromatic carbocycles. The van der Waals surface area contributed by atoms with E-state index in [1.165, 1.54) is 56.1 Å². The van der Waals surface area contributed by atoms with Gasteiger partial charge in [0.1, 0.15) is 0 Å². The lowest BCUT2D eigenvalue weighted by atomic mass is 9.47. The van der Waals surface area contributed by atoms with E-state index < -0.39 is 0 Å². The summed E-state index contributed by atoms with van der Waals surface area (Å²) in [5.41, 5.74) is 3.37. The highest BCUT2D eigenvalue weighted by molar-refractivity contribution is 5.44. The van der Waals surface area contributed by atoms with Gasteiger partial charge in [0.2, 0.25) is 0 Å². The van der Waals surface area contributed by atoms with Gasteiger partial charge in [-0.25, -0.2) is 0 Å². The summed E-state index contributed by atoms with van der Waals surface area (Å²) in [5.74, 6) is 5.50. The van der Waals surface area contributed by atoms with Crippen molar-refractivity contribution in [1.82, 2.24) is 0 Å². The minimum atomic E-state index is 0.457. The maximum absolute atomic E-state index is 4.56. The predicted molar refractivity (Wildman–Crippen MR) is 85.3 cm³/mol. The van der Waals surface area contributed by atoms with Gasteiger partial charge >= 0.3 is 0 Å². The Balaban J connectivity index is 1.76. The van der Waals surface area contributed by atoms with Crippen LogP contribution in [0.25, 0.3) is 0 Å². The zero-order valence-electron chi connectivity index (χ0n) is 13.3. The van der Waals surface area contributed by atoms with Gasteiger partial charge in [-0.3, -0.25) is 0 Å². The average molecular weight is 270 g/mol. The molecule has 4 unspecified atom stereocenters. The fourth-order valence-electron chi connectivity index (χ4n) is 7.15. The number of hydrogen-bond donors (Lipinski definition) is 0. The van der Waals surface area contributed by atoms with Crippen LogP contribution in [0.1, 0.15) is 58.8 Å². The highest BCUT2D eigenvalue weighted by Crippen LogP contribution is 2.70. The molecule has 0 aromatic heterocycles. The van der Waals surface area contributed by atoms with Crippen molar-refractivity contribution in [1.29, 1.82) is 0 Å². The van der Waals surface area contributed by atoms with E-state index >= 15 is 0 Å². The van der Waals surface area contributed by atoms with Gasteiger partial charge in [-0.15, -0.1) is 0 Å². The molecule has 0 N–H and O–H groups in total. The summed E-state index contributed by atoms with van der Waals surface area (Å²) in [6, 6.07) is 0. The SMILES string of the molecule is C=C1C(=C)[C@@]23CCC4C(CCC[C@@H]4C)C2CC[C@@H]1C3C. The molecule has 4 fully saturated rings. The Hall–Kier alpha value is -0.520. The summed E-state index contributed by atoms with van der Waals surface area (Å²) >= 11 is 0. The average Bonchev–Trinajstić information content (AvgIpc) is 2.57. The standard InChI is InChI=1S/C20H30/c1-12-6-5-7-18-16(12)10-11-20-14(3)13(2)17(15(20)4)8-9-19(18)20/h12,15-19H,2-3,5-11H2,1,4H3/t12-,15?,16?,17-,18?,19?,20+/m0/s1. The molecule has 4 aliphatic carbocycles. The minimum Gasteiger partial charge on any atom is -0.0953 e. The topological polar surface area (TPSA) is 0 Å². The van der Waals surface area contributed by atoms with Crippen LogP contribution in [0.2, 0.25) is 0 Å². The molecular weight excluding hydrogens is 240 g/mol. The van der Waals surface area contributed by atoms with E-state index in [4.69, 9.17) is 0 Å². The van der Waals surface area contributed by atoms with Crippen molar-refractivity contribution in [2.45, 2.75) is 58.8 Å². The van der Waals surface area contributed by atoms with Crippen molar-refractivity contribution in [2.75, 3.05) is 0 Å². The summed E-state index contributed by atoms with van der Waals surface area (Å²) in [5, 5.41) is 0. The van der Waals surface area contributed by atoms with Gasteiger partial charge < -0.3 is 0 Å². The van der Waals surface area contributed by atoms with Crippen LogP contribution in [-0.2, 0) is 0 Å². The lowest BCUT2D eigenvalue weighted by molar-refractivity contribution is -0.0669. The van der Waals surface area contributed by atoms with E-state index in [-0.39, 0.29) is 0 Å². The van der Waals surface area contributed by atoms with E-state index in [0.29, 0.717) is 5.41 Å². The fraction of sp³-hybridized carbons (Fsp3) is 0.800. The molecule has 0 aliphatic heterocycles. The van der Waals surface area contributed by atoms with Crippen molar-refractivity contribution in [3.63, 3.8) is 0 Å². The van der Waals surface area contributed by atoms with Gasteiger partial charge in [-0.1, -0.05) is 39.8 Å². The van der Waals surface area contributed by atoms with Crippen LogP contribution in [0.3, 0.4) is 0 Å². The molecule has 0 heteroatoms. The Kier molecular flexibility index (Phi) is 2.79. The molecule has 0 aromatic rings. The van der Waals surface area contributed by atoms with Crippen molar-refractivity contribution in [3.05, 3.63) is 24.3 Å². The second-order valence-corrected chi connectivity index (χ2v) is 8.40. The Morgan fingerprint density at radius 2 is 1.75 bits per heavy atom. The molecule has 4 saturated carbocycles. The first-order valence-electron chi connectivity index (χ1n) is 8.96. The summed E-state index contributed by atoms with van der Waals surface area (Å²) < 4.78 is 0. The molecule has 0 nitrogen and oxygen atoms in total. The second-order valence-electron chi connectivity index (χ2n) is 8.40. The molecule has 2 bridgehead atoms. The maximum atomic E-state index is 4.56. The zero-order chi connectivity index (χ0) is 14.1. The molecular formula is C20H30. The van der Waals surface area contributed by atoms with Crippen LogP contribution in [0, 0.1) is 40.9 Å². The molecule has 1 spiro atoms. The Morgan fingerprint density at radius 3 is 2.55 bits per heavy atom. The van der Waals surface area contributed by atoms with Crippen molar-refractivity contribution in [3.8, 4) is 0 Å². The van der Waals surface area contributed by atoms with Crippen LogP contribution in [0.5, 0.6) is 0 Å². The van der Waals surface area contributed by atoms with Crippen molar-refractivity contribution in [2.24, 2.45) is 40.9 Å².